The van der Waals surface area contributed by atoms with E-state index in [1.165, 1.54) is 0 Å². The number of aryl methyl sites for hydroxylation is 1. The van der Waals surface area contributed by atoms with Crippen molar-refractivity contribution in [1.82, 2.24) is 19.4 Å². The second-order valence-electron chi connectivity index (χ2n) is 9.96. The van der Waals surface area contributed by atoms with E-state index in [2.05, 4.69) is 41.0 Å². The number of nitrogens with zero attached hydrogens (tertiary/aromatic N) is 4. The van der Waals surface area contributed by atoms with Gasteiger partial charge in [-0.2, -0.15) is 4.98 Å². The van der Waals surface area contributed by atoms with Crippen LogP contribution in [-0.4, -0.2) is 50.3 Å². The SMILES string of the molecule is Cc1cnc(Nc2cc3c(ccn3CC(C)C)c(O[C@H]3CCN(C(=O)OC(C)(C)C)C3)n2)s1. The third-order valence-corrected chi connectivity index (χ3v) is 6.05. The fourth-order valence-electron chi connectivity index (χ4n) is 3.86. The predicted octanol–water partition coefficient (Wildman–Crippen LogP) is 5.59. The molecule has 3 aromatic heterocycles. The summed E-state index contributed by atoms with van der Waals surface area (Å²) in [5.74, 6) is 1.77. The Hall–Kier alpha value is -2.81. The minimum atomic E-state index is -0.517. The van der Waals surface area contributed by atoms with Crippen LogP contribution in [0.5, 0.6) is 5.88 Å². The van der Waals surface area contributed by atoms with E-state index in [4.69, 9.17) is 14.5 Å². The summed E-state index contributed by atoms with van der Waals surface area (Å²) >= 11 is 1.58. The molecule has 1 aliphatic rings. The van der Waals surface area contributed by atoms with Crippen LogP contribution in [0.2, 0.25) is 0 Å². The van der Waals surface area contributed by atoms with Crippen molar-refractivity contribution in [3.63, 3.8) is 0 Å². The molecule has 1 fully saturated rings. The lowest BCUT2D eigenvalue weighted by molar-refractivity contribution is 0.0275. The van der Waals surface area contributed by atoms with Crippen molar-refractivity contribution in [1.29, 1.82) is 0 Å². The van der Waals surface area contributed by atoms with E-state index in [9.17, 15) is 4.79 Å². The molecular formula is C24H33N5O3S. The summed E-state index contributed by atoms with van der Waals surface area (Å²) in [4.78, 5) is 24.5. The predicted molar refractivity (Wildman–Crippen MR) is 132 cm³/mol. The molecule has 0 aliphatic carbocycles. The first-order valence-corrected chi connectivity index (χ1v) is 12.2. The molecule has 1 saturated heterocycles. The molecule has 1 aliphatic heterocycles. The van der Waals surface area contributed by atoms with E-state index in [0.29, 0.717) is 30.7 Å². The summed E-state index contributed by atoms with van der Waals surface area (Å²) in [6, 6.07) is 4.10. The highest BCUT2D eigenvalue weighted by Crippen LogP contribution is 2.32. The van der Waals surface area contributed by atoms with Gasteiger partial charge in [0.2, 0.25) is 5.88 Å². The maximum Gasteiger partial charge on any atom is 0.410 e. The monoisotopic (exact) mass is 471 g/mol. The van der Waals surface area contributed by atoms with Gasteiger partial charge in [0, 0.05) is 42.8 Å². The van der Waals surface area contributed by atoms with Crippen LogP contribution < -0.4 is 10.1 Å². The number of thiazole rings is 1. The van der Waals surface area contributed by atoms with Crippen LogP contribution in [0.4, 0.5) is 15.7 Å². The van der Waals surface area contributed by atoms with Gasteiger partial charge in [0.25, 0.3) is 0 Å². The van der Waals surface area contributed by atoms with Gasteiger partial charge in [-0.1, -0.05) is 13.8 Å². The standard InChI is InChI=1S/C24H33N5O3S/c1-15(2)13-28-10-8-18-19(28)11-20(27-22-25-12-16(3)33-22)26-21(18)31-17-7-9-29(14-17)23(30)32-24(4,5)6/h8,10-12,15,17H,7,9,13-14H2,1-6H3,(H,25,26,27)/t17-/m0/s1. The number of amides is 1. The molecule has 0 aromatic carbocycles. The number of pyridine rings is 1. The van der Waals surface area contributed by atoms with Crippen molar-refractivity contribution in [3.8, 4) is 5.88 Å². The second-order valence-corrected chi connectivity index (χ2v) is 11.2. The lowest BCUT2D eigenvalue weighted by Crippen LogP contribution is -2.36. The highest BCUT2D eigenvalue weighted by molar-refractivity contribution is 7.15. The number of fused-ring (bicyclic) bond motifs is 1. The van der Waals surface area contributed by atoms with Crippen molar-refractivity contribution in [2.75, 3.05) is 18.4 Å². The number of likely N-dealkylation sites (tertiary alicyclic amines) is 1. The van der Waals surface area contributed by atoms with E-state index in [1.54, 1.807) is 16.2 Å². The average molecular weight is 472 g/mol. The third-order valence-electron chi connectivity index (χ3n) is 5.23. The molecule has 178 valence electrons. The Morgan fingerprint density at radius 3 is 2.82 bits per heavy atom. The molecule has 0 spiro atoms. The van der Waals surface area contributed by atoms with Crippen LogP contribution in [0, 0.1) is 12.8 Å². The second kappa shape index (κ2) is 9.21. The zero-order valence-electron chi connectivity index (χ0n) is 20.2. The van der Waals surface area contributed by atoms with Crippen molar-refractivity contribution in [2.45, 2.75) is 66.2 Å². The molecule has 4 heterocycles. The van der Waals surface area contributed by atoms with Gasteiger partial charge in [-0.15, -0.1) is 11.3 Å². The number of carbonyl (C=O) groups is 1. The minimum absolute atomic E-state index is 0.140. The molecule has 33 heavy (non-hydrogen) atoms. The third kappa shape index (κ3) is 5.76. The molecule has 1 amide bonds. The van der Waals surface area contributed by atoms with Gasteiger partial charge in [0.15, 0.2) is 5.13 Å². The number of hydrogen-bond donors (Lipinski definition) is 1. The Morgan fingerprint density at radius 2 is 2.15 bits per heavy atom. The molecule has 1 atom stereocenters. The van der Waals surface area contributed by atoms with Crippen LogP contribution in [0.3, 0.4) is 0 Å². The van der Waals surface area contributed by atoms with Crippen LogP contribution in [0.15, 0.2) is 24.5 Å². The molecule has 0 radical (unpaired) electrons. The first-order chi connectivity index (χ1) is 15.6. The van der Waals surface area contributed by atoms with E-state index < -0.39 is 5.60 Å². The van der Waals surface area contributed by atoms with Crippen LogP contribution in [0.1, 0.15) is 45.9 Å². The summed E-state index contributed by atoms with van der Waals surface area (Å²) in [5.41, 5.74) is 0.545. The Labute approximate surface area is 198 Å². The number of nitrogens with one attached hydrogen (secondary N) is 1. The molecule has 8 nitrogen and oxygen atoms in total. The van der Waals surface area contributed by atoms with Gasteiger partial charge < -0.3 is 24.3 Å². The Kier molecular flexibility index (Phi) is 6.52. The first kappa shape index (κ1) is 23.4. The molecule has 0 unspecified atom stereocenters. The summed E-state index contributed by atoms with van der Waals surface area (Å²) in [5, 5.41) is 5.08. The quantitative estimate of drug-likeness (QED) is 0.505. The average Bonchev–Trinajstić information content (AvgIpc) is 3.42. The summed E-state index contributed by atoms with van der Waals surface area (Å²) in [6.07, 6.45) is 4.22. The fraction of sp³-hybridized carbons (Fsp3) is 0.542. The van der Waals surface area contributed by atoms with Gasteiger partial charge >= 0.3 is 6.09 Å². The zero-order valence-corrected chi connectivity index (χ0v) is 21.0. The minimum Gasteiger partial charge on any atom is -0.472 e. The van der Waals surface area contributed by atoms with E-state index >= 15 is 0 Å². The Balaban J connectivity index is 1.58. The number of carbonyl (C=O) groups excluding carboxylic acids is 1. The highest BCUT2D eigenvalue weighted by atomic mass is 32.1. The van der Waals surface area contributed by atoms with Gasteiger partial charge in [-0.3, -0.25) is 0 Å². The molecule has 0 saturated carbocycles. The van der Waals surface area contributed by atoms with Crippen LogP contribution >= 0.6 is 11.3 Å². The fourth-order valence-corrected chi connectivity index (χ4v) is 4.53. The topological polar surface area (TPSA) is 81.5 Å². The van der Waals surface area contributed by atoms with Gasteiger partial charge in [0.05, 0.1) is 17.4 Å². The van der Waals surface area contributed by atoms with E-state index in [0.717, 1.165) is 33.9 Å². The molecule has 4 rings (SSSR count). The molecule has 3 aromatic rings. The number of aromatic nitrogens is 3. The highest BCUT2D eigenvalue weighted by Gasteiger charge is 2.31. The lowest BCUT2D eigenvalue weighted by Gasteiger charge is -2.24. The van der Waals surface area contributed by atoms with Crippen molar-refractivity contribution >= 4 is 39.3 Å². The molecule has 1 N–H and O–H groups in total. The van der Waals surface area contributed by atoms with Gasteiger partial charge in [-0.05, 0) is 39.7 Å². The summed E-state index contributed by atoms with van der Waals surface area (Å²) in [7, 11) is 0. The Bertz CT molecular complexity index is 1130. The van der Waals surface area contributed by atoms with Crippen molar-refractivity contribution in [2.24, 2.45) is 5.92 Å². The normalized spacial score (nSPS) is 16.6. The lowest BCUT2D eigenvalue weighted by atomic mass is 10.2. The smallest absolute Gasteiger partial charge is 0.410 e. The summed E-state index contributed by atoms with van der Waals surface area (Å²) < 4.78 is 14.1. The van der Waals surface area contributed by atoms with Gasteiger partial charge in [-0.25, -0.2) is 9.78 Å². The van der Waals surface area contributed by atoms with Crippen molar-refractivity contribution in [3.05, 3.63) is 29.4 Å². The molecule has 9 heteroatoms. The zero-order chi connectivity index (χ0) is 23.8. The molecule has 0 bridgehead atoms. The first-order valence-electron chi connectivity index (χ1n) is 11.4. The Morgan fingerprint density at radius 1 is 1.36 bits per heavy atom. The number of anilines is 2. The van der Waals surface area contributed by atoms with Gasteiger partial charge in [0.1, 0.15) is 17.5 Å². The largest absolute Gasteiger partial charge is 0.472 e. The molecular weight excluding hydrogens is 438 g/mol. The number of ether oxygens (including phenoxy) is 2. The van der Waals surface area contributed by atoms with Crippen LogP contribution in [-0.2, 0) is 11.3 Å². The number of hydrogen-bond acceptors (Lipinski definition) is 7. The van der Waals surface area contributed by atoms with E-state index in [1.807, 2.05) is 40.0 Å². The van der Waals surface area contributed by atoms with E-state index in [-0.39, 0.29) is 12.2 Å². The maximum absolute atomic E-state index is 12.5. The van der Waals surface area contributed by atoms with Crippen molar-refractivity contribution < 1.29 is 14.3 Å². The van der Waals surface area contributed by atoms with Crippen LogP contribution in [0.25, 0.3) is 10.9 Å². The maximum atomic E-state index is 12.5. The number of rotatable bonds is 6. The summed E-state index contributed by atoms with van der Waals surface area (Å²) in [6.45, 7) is 14.0.